The van der Waals surface area contributed by atoms with Crippen molar-refractivity contribution in [1.29, 1.82) is 0 Å². The predicted molar refractivity (Wildman–Crippen MR) is 85.8 cm³/mol. The summed E-state index contributed by atoms with van der Waals surface area (Å²) < 4.78 is 13.6. The highest BCUT2D eigenvalue weighted by Gasteiger charge is 2.11. The number of rotatable bonds is 4. The van der Waals surface area contributed by atoms with Crippen molar-refractivity contribution >= 4 is 22.5 Å². The lowest BCUT2D eigenvalue weighted by atomic mass is 10.0. The summed E-state index contributed by atoms with van der Waals surface area (Å²) in [5.74, 6) is 0.420. The third-order valence-corrected chi connectivity index (χ3v) is 4.54. The van der Waals surface area contributed by atoms with Crippen molar-refractivity contribution in [2.24, 2.45) is 5.73 Å². The highest BCUT2D eigenvalue weighted by Crippen LogP contribution is 2.28. The van der Waals surface area contributed by atoms with Gasteiger partial charge in [-0.1, -0.05) is 30.3 Å². The van der Waals surface area contributed by atoms with Crippen molar-refractivity contribution in [3.8, 4) is 0 Å². The molecule has 1 atom stereocenters. The summed E-state index contributed by atoms with van der Waals surface area (Å²) in [5, 5.41) is 2.18. The second kappa shape index (κ2) is 6.24. The van der Waals surface area contributed by atoms with Gasteiger partial charge < -0.3 is 5.73 Å². The topological polar surface area (TPSA) is 38.9 Å². The Hall–Kier alpha value is -1.91. The molecule has 3 aromatic rings. The van der Waals surface area contributed by atoms with E-state index in [0.29, 0.717) is 10.6 Å². The maximum absolute atomic E-state index is 13.6. The largest absolute Gasteiger partial charge is 0.323 e. The molecule has 0 spiro atoms. The Kier molecular flexibility index (Phi) is 4.18. The van der Waals surface area contributed by atoms with Crippen LogP contribution in [0.25, 0.3) is 10.8 Å². The number of fused-ring (bicyclic) bond motifs is 1. The Morgan fingerprint density at radius 1 is 1.10 bits per heavy atom. The van der Waals surface area contributed by atoms with Crippen LogP contribution in [0.1, 0.15) is 11.6 Å². The third kappa shape index (κ3) is 3.06. The van der Waals surface area contributed by atoms with E-state index in [4.69, 9.17) is 5.73 Å². The summed E-state index contributed by atoms with van der Waals surface area (Å²) >= 11 is 1.44. The average molecular weight is 298 g/mol. The molecule has 0 aliphatic carbocycles. The minimum absolute atomic E-state index is 0.164. The standard InChI is InChI=1S/C17H15FN2S/c18-15-6-1-2-7-17(15)21-11-16(19)13-5-3-4-12-8-9-20-10-14(12)13/h1-10,16H,11,19H2. The van der Waals surface area contributed by atoms with E-state index < -0.39 is 0 Å². The van der Waals surface area contributed by atoms with Gasteiger partial charge in [-0.15, -0.1) is 11.8 Å². The molecule has 0 aliphatic rings. The second-order valence-corrected chi connectivity index (χ2v) is 5.85. The first-order valence-electron chi connectivity index (χ1n) is 6.71. The lowest BCUT2D eigenvalue weighted by Gasteiger charge is -2.14. The van der Waals surface area contributed by atoms with Crippen LogP contribution in [0.15, 0.2) is 65.8 Å². The van der Waals surface area contributed by atoms with E-state index in [1.54, 1.807) is 18.3 Å². The molecule has 0 bridgehead atoms. The van der Waals surface area contributed by atoms with Gasteiger partial charge in [0.1, 0.15) is 5.82 Å². The maximum atomic E-state index is 13.6. The molecular weight excluding hydrogens is 283 g/mol. The Morgan fingerprint density at radius 3 is 2.81 bits per heavy atom. The van der Waals surface area contributed by atoms with E-state index in [-0.39, 0.29) is 11.9 Å². The van der Waals surface area contributed by atoms with Crippen molar-refractivity contribution in [3.63, 3.8) is 0 Å². The van der Waals surface area contributed by atoms with Crippen LogP contribution in [0, 0.1) is 5.82 Å². The minimum Gasteiger partial charge on any atom is -0.323 e. The summed E-state index contributed by atoms with van der Waals surface area (Å²) in [6.07, 6.45) is 3.60. The van der Waals surface area contributed by atoms with Crippen molar-refractivity contribution < 1.29 is 4.39 Å². The van der Waals surface area contributed by atoms with Crippen LogP contribution in [0.4, 0.5) is 4.39 Å². The van der Waals surface area contributed by atoms with Crippen LogP contribution in [-0.2, 0) is 0 Å². The van der Waals surface area contributed by atoms with E-state index in [0.717, 1.165) is 16.3 Å². The van der Waals surface area contributed by atoms with Gasteiger partial charge in [0.2, 0.25) is 0 Å². The summed E-state index contributed by atoms with van der Waals surface area (Å²) in [7, 11) is 0. The summed E-state index contributed by atoms with van der Waals surface area (Å²) in [5.41, 5.74) is 7.33. The first-order valence-corrected chi connectivity index (χ1v) is 7.70. The molecule has 3 rings (SSSR count). The van der Waals surface area contributed by atoms with Gasteiger partial charge in [-0.3, -0.25) is 4.98 Å². The fraction of sp³-hybridized carbons (Fsp3) is 0.118. The van der Waals surface area contributed by atoms with Crippen molar-refractivity contribution in [1.82, 2.24) is 4.98 Å². The molecular formula is C17H15FN2S. The first-order chi connectivity index (χ1) is 10.3. The van der Waals surface area contributed by atoms with Gasteiger partial charge in [0.05, 0.1) is 0 Å². The molecule has 0 fully saturated rings. The average Bonchev–Trinajstić information content (AvgIpc) is 2.53. The molecule has 4 heteroatoms. The summed E-state index contributed by atoms with van der Waals surface area (Å²) in [6.45, 7) is 0. The molecule has 1 unspecified atom stereocenters. The van der Waals surface area contributed by atoms with Crippen LogP contribution in [-0.4, -0.2) is 10.7 Å². The van der Waals surface area contributed by atoms with Crippen molar-refractivity contribution in [2.45, 2.75) is 10.9 Å². The number of pyridine rings is 1. The number of hydrogen-bond acceptors (Lipinski definition) is 3. The Balaban J connectivity index is 1.81. The van der Waals surface area contributed by atoms with Crippen LogP contribution >= 0.6 is 11.8 Å². The van der Waals surface area contributed by atoms with Gasteiger partial charge in [-0.05, 0) is 29.1 Å². The Bertz CT molecular complexity index is 755. The van der Waals surface area contributed by atoms with E-state index in [9.17, 15) is 4.39 Å². The quantitative estimate of drug-likeness (QED) is 0.735. The lowest BCUT2D eigenvalue weighted by molar-refractivity contribution is 0.602. The second-order valence-electron chi connectivity index (χ2n) is 4.79. The van der Waals surface area contributed by atoms with E-state index in [2.05, 4.69) is 4.98 Å². The van der Waals surface area contributed by atoms with Crippen molar-refractivity contribution in [3.05, 3.63) is 72.3 Å². The minimum atomic E-state index is -0.200. The van der Waals surface area contributed by atoms with Gasteiger partial charge in [-0.25, -0.2) is 4.39 Å². The van der Waals surface area contributed by atoms with Crippen LogP contribution in [0.3, 0.4) is 0 Å². The van der Waals surface area contributed by atoms with E-state index in [1.807, 2.05) is 36.5 Å². The highest BCUT2D eigenvalue weighted by atomic mass is 32.2. The van der Waals surface area contributed by atoms with E-state index in [1.165, 1.54) is 17.8 Å². The SMILES string of the molecule is NC(CSc1ccccc1F)c1cccc2ccncc12. The zero-order chi connectivity index (χ0) is 14.7. The third-order valence-electron chi connectivity index (χ3n) is 3.37. The molecule has 0 saturated carbocycles. The summed E-state index contributed by atoms with van der Waals surface area (Å²) in [6, 6.07) is 14.6. The molecule has 1 heterocycles. The molecule has 2 aromatic carbocycles. The number of halogens is 1. The molecule has 2 N–H and O–H groups in total. The fourth-order valence-electron chi connectivity index (χ4n) is 2.29. The number of aromatic nitrogens is 1. The highest BCUT2D eigenvalue weighted by molar-refractivity contribution is 7.99. The molecule has 21 heavy (non-hydrogen) atoms. The predicted octanol–water partition coefficient (Wildman–Crippen LogP) is 4.17. The molecule has 0 amide bonds. The number of thioether (sulfide) groups is 1. The van der Waals surface area contributed by atoms with E-state index >= 15 is 0 Å². The molecule has 1 aromatic heterocycles. The molecule has 2 nitrogen and oxygen atoms in total. The van der Waals surface area contributed by atoms with Gasteiger partial charge in [0, 0.05) is 34.5 Å². The van der Waals surface area contributed by atoms with Gasteiger partial charge in [0.15, 0.2) is 0 Å². The fourth-order valence-corrected chi connectivity index (χ4v) is 3.21. The zero-order valence-electron chi connectivity index (χ0n) is 11.4. The molecule has 0 radical (unpaired) electrons. The van der Waals surface area contributed by atoms with Gasteiger partial charge in [-0.2, -0.15) is 0 Å². The van der Waals surface area contributed by atoms with Crippen LogP contribution < -0.4 is 5.73 Å². The smallest absolute Gasteiger partial charge is 0.136 e. The molecule has 0 saturated heterocycles. The lowest BCUT2D eigenvalue weighted by Crippen LogP contribution is -2.13. The number of nitrogens with zero attached hydrogens (tertiary/aromatic N) is 1. The molecule has 0 aliphatic heterocycles. The van der Waals surface area contributed by atoms with Gasteiger partial charge >= 0.3 is 0 Å². The first kappa shape index (κ1) is 14.0. The Morgan fingerprint density at radius 2 is 1.95 bits per heavy atom. The number of benzene rings is 2. The summed E-state index contributed by atoms with van der Waals surface area (Å²) in [4.78, 5) is 4.80. The monoisotopic (exact) mass is 298 g/mol. The molecule has 106 valence electrons. The normalized spacial score (nSPS) is 12.5. The van der Waals surface area contributed by atoms with Gasteiger partial charge in [0.25, 0.3) is 0 Å². The maximum Gasteiger partial charge on any atom is 0.136 e. The number of nitrogens with two attached hydrogens (primary N) is 1. The van der Waals surface area contributed by atoms with Crippen LogP contribution in [0.5, 0.6) is 0 Å². The van der Waals surface area contributed by atoms with Crippen LogP contribution in [0.2, 0.25) is 0 Å². The number of hydrogen-bond donors (Lipinski definition) is 1. The van der Waals surface area contributed by atoms with Crippen molar-refractivity contribution in [2.75, 3.05) is 5.75 Å². The Labute approximate surface area is 127 Å². The zero-order valence-corrected chi connectivity index (χ0v) is 12.2.